The largest absolute Gasteiger partial charge is 0.494 e. The summed E-state index contributed by atoms with van der Waals surface area (Å²) >= 11 is 0. The van der Waals surface area contributed by atoms with Crippen molar-refractivity contribution in [1.82, 2.24) is 4.98 Å². The van der Waals surface area contributed by atoms with Crippen LogP contribution in [0.3, 0.4) is 0 Å². The standard InChI is InChI=1S/C12H13FN2O2/c1-16-11-5-3-8(6-10(11)13)2-4-9-7-15-12(14)17-9/h3,5-7H,2,4H2,1H3,(H2,14,15). The van der Waals surface area contributed by atoms with Crippen molar-refractivity contribution < 1.29 is 13.5 Å². The fraction of sp³-hybridized carbons (Fsp3) is 0.250. The van der Waals surface area contributed by atoms with Gasteiger partial charge < -0.3 is 14.9 Å². The maximum atomic E-state index is 13.4. The van der Waals surface area contributed by atoms with E-state index in [0.717, 1.165) is 5.56 Å². The molecule has 0 amide bonds. The van der Waals surface area contributed by atoms with Crippen molar-refractivity contribution in [2.24, 2.45) is 0 Å². The third-order valence-corrected chi connectivity index (χ3v) is 2.45. The van der Waals surface area contributed by atoms with Crippen molar-refractivity contribution in [3.05, 3.63) is 41.5 Å². The van der Waals surface area contributed by atoms with Gasteiger partial charge in [-0.3, -0.25) is 0 Å². The first-order valence-electron chi connectivity index (χ1n) is 5.21. The van der Waals surface area contributed by atoms with E-state index in [1.165, 1.54) is 13.2 Å². The normalized spacial score (nSPS) is 10.5. The smallest absolute Gasteiger partial charge is 0.292 e. The van der Waals surface area contributed by atoms with Gasteiger partial charge in [0, 0.05) is 6.42 Å². The van der Waals surface area contributed by atoms with Crippen molar-refractivity contribution in [2.75, 3.05) is 12.8 Å². The Morgan fingerprint density at radius 1 is 1.41 bits per heavy atom. The lowest BCUT2D eigenvalue weighted by atomic mass is 10.1. The highest BCUT2D eigenvalue weighted by molar-refractivity contribution is 5.29. The van der Waals surface area contributed by atoms with Gasteiger partial charge in [0.1, 0.15) is 5.76 Å². The van der Waals surface area contributed by atoms with Crippen LogP contribution in [0.4, 0.5) is 10.4 Å². The predicted molar refractivity (Wildman–Crippen MR) is 61.3 cm³/mol. The number of oxazole rings is 1. The summed E-state index contributed by atoms with van der Waals surface area (Å²) in [6.07, 6.45) is 2.88. The Morgan fingerprint density at radius 3 is 2.82 bits per heavy atom. The van der Waals surface area contributed by atoms with E-state index in [1.807, 2.05) is 6.07 Å². The lowest BCUT2D eigenvalue weighted by Crippen LogP contribution is -1.93. The number of aromatic nitrogens is 1. The molecule has 2 rings (SSSR count). The molecule has 0 fully saturated rings. The number of anilines is 1. The minimum atomic E-state index is -0.359. The summed E-state index contributed by atoms with van der Waals surface area (Å²) in [7, 11) is 1.44. The summed E-state index contributed by atoms with van der Waals surface area (Å²) in [6.45, 7) is 0. The number of nitrogens with two attached hydrogens (primary N) is 1. The Hall–Kier alpha value is -2.04. The van der Waals surface area contributed by atoms with Gasteiger partial charge >= 0.3 is 0 Å². The monoisotopic (exact) mass is 236 g/mol. The highest BCUT2D eigenvalue weighted by Gasteiger charge is 2.05. The van der Waals surface area contributed by atoms with E-state index in [0.29, 0.717) is 18.6 Å². The number of halogens is 1. The van der Waals surface area contributed by atoms with E-state index in [-0.39, 0.29) is 17.6 Å². The number of nitrogens with zero attached hydrogens (tertiary/aromatic N) is 1. The number of benzene rings is 1. The zero-order valence-electron chi connectivity index (χ0n) is 9.44. The van der Waals surface area contributed by atoms with Crippen molar-refractivity contribution in [3.63, 3.8) is 0 Å². The molecule has 0 bridgehead atoms. The first kappa shape index (κ1) is 11.4. The lowest BCUT2D eigenvalue weighted by molar-refractivity contribution is 0.386. The lowest BCUT2D eigenvalue weighted by Gasteiger charge is -2.04. The van der Waals surface area contributed by atoms with Crippen LogP contribution in [0.15, 0.2) is 28.8 Å². The number of ether oxygens (including phenoxy) is 1. The second-order valence-electron chi connectivity index (χ2n) is 3.63. The van der Waals surface area contributed by atoms with E-state index in [1.54, 1.807) is 12.3 Å². The van der Waals surface area contributed by atoms with Gasteiger partial charge in [0.15, 0.2) is 11.6 Å². The first-order valence-corrected chi connectivity index (χ1v) is 5.21. The quantitative estimate of drug-likeness (QED) is 0.883. The van der Waals surface area contributed by atoms with E-state index in [4.69, 9.17) is 14.9 Å². The number of methoxy groups -OCH3 is 1. The molecule has 0 saturated carbocycles. The van der Waals surface area contributed by atoms with Gasteiger partial charge in [-0.15, -0.1) is 0 Å². The van der Waals surface area contributed by atoms with Crippen LogP contribution in [-0.2, 0) is 12.8 Å². The fourth-order valence-electron chi connectivity index (χ4n) is 1.57. The summed E-state index contributed by atoms with van der Waals surface area (Å²) in [5, 5.41) is 0. The van der Waals surface area contributed by atoms with Gasteiger partial charge in [-0.1, -0.05) is 6.07 Å². The number of nitrogen functional groups attached to an aromatic ring is 1. The molecule has 0 aliphatic heterocycles. The molecule has 0 aliphatic rings. The van der Waals surface area contributed by atoms with Gasteiger partial charge in [0.2, 0.25) is 0 Å². The average molecular weight is 236 g/mol. The number of hydrogen-bond acceptors (Lipinski definition) is 4. The molecule has 0 atom stereocenters. The minimum absolute atomic E-state index is 0.154. The Balaban J connectivity index is 2.02. The molecular formula is C12H13FN2O2. The van der Waals surface area contributed by atoms with Crippen LogP contribution < -0.4 is 10.5 Å². The van der Waals surface area contributed by atoms with Crippen molar-refractivity contribution in [1.29, 1.82) is 0 Å². The summed E-state index contributed by atoms with van der Waals surface area (Å²) in [5.41, 5.74) is 6.23. The van der Waals surface area contributed by atoms with Crippen molar-refractivity contribution in [3.8, 4) is 5.75 Å². The van der Waals surface area contributed by atoms with Gasteiger partial charge in [-0.25, -0.2) is 9.37 Å². The Morgan fingerprint density at radius 2 is 2.24 bits per heavy atom. The molecule has 5 heteroatoms. The molecule has 2 N–H and O–H groups in total. The second-order valence-corrected chi connectivity index (χ2v) is 3.63. The molecule has 0 radical (unpaired) electrons. The average Bonchev–Trinajstić information content (AvgIpc) is 2.73. The van der Waals surface area contributed by atoms with Gasteiger partial charge in [0.25, 0.3) is 6.01 Å². The van der Waals surface area contributed by atoms with E-state index in [2.05, 4.69) is 4.98 Å². The summed E-state index contributed by atoms with van der Waals surface area (Å²) < 4.78 is 23.4. The Labute approximate surface area is 98.2 Å². The molecule has 1 aromatic heterocycles. The molecule has 0 unspecified atom stereocenters. The highest BCUT2D eigenvalue weighted by Crippen LogP contribution is 2.19. The zero-order valence-corrected chi connectivity index (χ0v) is 9.44. The number of rotatable bonds is 4. The summed E-state index contributed by atoms with van der Waals surface area (Å²) in [4.78, 5) is 3.79. The Kier molecular flexibility index (Phi) is 3.27. The summed E-state index contributed by atoms with van der Waals surface area (Å²) in [6, 6.07) is 5.04. The molecule has 90 valence electrons. The van der Waals surface area contributed by atoms with Gasteiger partial charge in [-0.2, -0.15) is 0 Å². The van der Waals surface area contributed by atoms with Crippen LogP contribution in [0.2, 0.25) is 0 Å². The van der Waals surface area contributed by atoms with Crippen LogP contribution in [0, 0.1) is 5.82 Å². The van der Waals surface area contributed by atoms with Crippen molar-refractivity contribution in [2.45, 2.75) is 12.8 Å². The molecule has 17 heavy (non-hydrogen) atoms. The maximum absolute atomic E-state index is 13.4. The maximum Gasteiger partial charge on any atom is 0.292 e. The van der Waals surface area contributed by atoms with E-state index in [9.17, 15) is 4.39 Å². The SMILES string of the molecule is COc1ccc(CCc2cnc(N)o2)cc1F. The van der Waals surface area contributed by atoms with E-state index >= 15 is 0 Å². The van der Waals surface area contributed by atoms with Crippen LogP contribution in [0.5, 0.6) is 5.75 Å². The molecule has 0 aliphatic carbocycles. The molecule has 0 spiro atoms. The number of hydrogen-bond donors (Lipinski definition) is 1. The predicted octanol–water partition coefficient (Wildman–Crippen LogP) is 2.19. The number of aryl methyl sites for hydroxylation is 2. The highest BCUT2D eigenvalue weighted by atomic mass is 19.1. The van der Waals surface area contributed by atoms with E-state index < -0.39 is 0 Å². The zero-order chi connectivity index (χ0) is 12.3. The van der Waals surface area contributed by atoms with Crippen LogP contribution >= 0.6 is 0 Å². The third-order valence-electron chi connectivity index (χ3n) is 2.45. The molecule has 0 saturated heterocycles. The Bertz CT molecular complexity index is 511. The van der Waals surface area contributed by atoms with Gasteiger partial charge in [-0.05, 0) is 24.1 Å². The van der Waals surface area contributed by atoms with Crippen LogP contribution in [-0.4, -0.2) is 12.1 Å². The second kappa shape index (κ2) is 4.86. The minimum Gasteiger partial charge on any atom is -0.494 e. The molecule has 1 heterocycles. The molecule has 4 nitrogen and oxygen atoms in total. The van der Waals surface area contributed by atoms with Crippen LogP contribution in [0.25, 0.3) is 0 Å². The first-order chi connectivity index (χ1) is 8.19. The molecular weight excluding hydrogens is 223 g/mol. The molecule has 2 aromatic rings. The fourth-order valence-corrected chi connectivity index (χ4v) is 1.57. The third kappa shape index (κ3) is 2.75. The van der Waals surface area contributed by atoms with Crippen LogP contribution in [0.1, 0.15) is 11.3 Å². The molecule has 1 aromatic carbocycles. The topological polar surface area (TPSA) is 61.3 Å². The summed E-state index contributed by atoms with van der Waals surface area (Å²) in [5.74, 6) is 0.582. The van der Waals surface area contributed by atoms with Gasteiger partial charge in [0.05, 0.1) is 13.3 Å². The van der Waals surface area contributed by atoms with Crippen molar-refractivity contribution >= 4 is 6.01 Å².